The number of fused-ring (bicyclic) bond motifs is 1. The maximum absolute atomic E-state index is 12.9. The summed E-state index contributed by atoms with van der Waals surface area (Å²) in [4.78, 5) is 35.3. The first kappa shape index (κ1) is 20.3. The molecule has 31 heavy (non-hydrogen) atoms. The van der Waals surface area contributed by atoms with Gasteiger partial charge in [-0.2, -0.15) is 5.26 Å². The van der Waals surface area contributed by atoms with E-state index < -0.39 is 11.9 Å². The van der Waals surface area contributed by atoms with E-state index in [4.69, 9.17) is 21.6 Å². The maximum atomic E-state index is 12.9. The Bertz CT molecular complexity index is 1210. The van der Waals surface area contributed by atoms with Gasteiger partial charge in [-0.25, -0.2) is 9.97 Å². The van der Waals surface area contributed by atoms with Crippen molar-refractivity contribution in [3.8, 4) is 23.1 Å². The third kappa shape index (κ3) is 4.04. The van der Waals surface area contributed by atoms with E-state index in [-0.39, 0.29) is 18.3 Å². The van der Waals surface area contributed by atoms with Crippen molar-refractivity contribution in [1.29, 1.82) is 5.26 Å². The average Bonchev–Trinajstić information content (AvgIpc) is 2.91. The lowest BCUT2D eigenvalue weighted by Gasteiger charge is -2.20. The highest BCUT2D eigenvalue weighted by Crippen LogP contribution is 2.31. The molecular formula is C22H16ClN5O3. The molecule has 0 radical (unpaired) electrons. The molecule has 9 heteroatoms. The summed E-state index contributed by atoms with van der Waals surface area (Å²) in [5.74, 6) is -0.727. The van der Waals surface area contributed by atoms with Gasteiger partial charge in [0, 0.05) is 18.7 Å². The summed E-state index contributed by atoms with van der Waals surface area (Å²) in [5, 5.41) is 12.0. The largest absolute Gasteiger partial charge is 0.489 e. The Kier molecular flexibility index (Phi) is 5.52. The molecule has 154 valence electrons. The molecule has 0 spiro atoms. The Morgan fingerprint density at radius 3 is 2.81 bits per heavy atom. The minimum atomic E-state index is -0.963. The maximum Gasteiger partial charge on any atom is 0.289 e. The van der Waals surface area contributed by atoms with Crippen LogP contribution in [0.5, 0.6) is 5.75 Å². The van der Waals surface area contributed by atoms with Crippen LogP contribution in [0, 0.1) is 11.3 Å². The zero-order chi connectivity index (χ0) is 22.0. The van der Waals surface area contributed by atoms with Gasteiger partial charge in [0.2, 0.25) is 5.82 Å². The first-order chi connectivity index (χ1) is 15.0. The SMILES string of the molecule is CN1C(=O)C(NC(=O)c2ncc(Cl)c(-c3ccccc3)n2)COc2cc(C#N)ccc21. The summed E-state index contributed by atoms with van der Waals surface area (Å²) in [5.41, 5.74) is 2.07. The van der Waals surface area contributed by atoms with Crippen molar-refractivity contribution >= 4 is 29.1 Å². The van der Waals surface area contributed by atoms with E-state index in [1.165, 1.54) is 11.1 Å². The Hall–Kier alpha value is -3.96. The standard InChI is InChI=1S/C22H16ClN5O3/c1-28-17-8-7-13(10-24)9-18(17)31-12-16(22(28)30)26-21(29)20-25-11-15(23)19(27-20)14-5-3-2-4-6-14/h2-9,11,16H,12H2,1H3,(H,26,29). The predicted molar refractivity (Wildman–Crippen MR) is 114 cm³/mol. The molecular weight excluding hydrogens is 418 g/mol. The zero-order valence-corrected chi connectivity index (χ0v) is 17.1. The second-order valence-electron chi connectivity index (χ2n) is 6.78. The van der Waals surface area contributed by atoms with Crippen LogP contribution in [0.25, 0.3) is 11.3 Å². The van der Waals surface area contributed by atoms with Crippen molar-refractivity contribution in [2.24, 2.45) is 0 Å². The van der Waals surface area contributed by atoms with E-state index in [0.717, 1.165) is 5.56 Å². The predicted octanol–water partition coefficient (Wildman–Crippen LogP) is 2.82. The van der Waals surface area contributed by atoms with Crippen LogP contribution in [0.2, 0.25) is 5.02 Å². The molecule has 0 bridgehead atoms. The van der Waals surface area contributed by atoms with Gasteiger partial charge in [-0.1, -0.05) is 41.9 Å². The number of hydrogen-bond donors (Lipinski definition) is 1. The van der Waals surface area contributed by atoms with Crippen LogP contribution < -0.4 is 15.0 Å². The molecule has 4 rings (SSSR count). The molecule has 2 amide bonds. The second-order valence-corrected chi connectivity index (χ2v) is 7.19. The van der Waals surface area contributed by atoms with Gasteiger partial charge in [-0.3, -0.25) is 9.59 Å². The number of halogens is 1. The molecule has 0 saturated heterocycles. The highest BCUT2D eigenvalue weighted by molar-refractivity contribution is 6.32. The monoisotopic (exact) mass is 433 g/mol. The van der Waals surface area contributed by atoms with Gasteiger partial charge >= 0.3 is 0 Å². The topological polar surface area (TPSA) is 108 Å². The number of rotatable bonds is 3. The van der Waals surface area contributed by atoms with Crippen LogP contribution >= 0.6 is 11.6 Å². The molecule has 1 N–H and O–H groups in total. The number of hydrogen-bond acceptors (Lipinski definition) is 6. The molecule has 1 unspecified atom stereocenters. The van der Waals surface area contributed by atoms with Gasteiger partial charge < -0.3 is 15.0 Å². The van der Waals surface area contributed by atoms with Crippen molar-refractivity contribution in [3.63, 3.8) is 0 Å². The normalized spacial score (nSPS) is 15.3. The number of benzene rings is 2. The minimum Gasteiger partial charge on any atom is -0.489 e. The minimum absolute atomic E-state index is 0.101. The molecule has 1 aromatic heterocycles. The van der Waals surface area contributed by atoms with Gasteiger partial charge in [0.25, 0.3) is 11.8 Å². The number of carbonyl (C=O) groups is 2. The van der Waals surface area contributed by atoms with Crippen molar-refractivity contribution in [2.45, 2.75) is 6.04 Å². The summed E-state index contributed by atoms with van der Waals surface area (Å²) in [6.45, 7) is -0.101. The molecule has 1 aliphatic heterocycles. The summed E-state index contributed by atoms with van der Waals surface area (Å²) in [6, 6.07) is 15.0. The highest BCUT2D eigenvalue weighted by atomic mass is 35.5. The van der Waals surface area contributed by atoms with Crippen molar-refractivity contribution in [2.75, 3.05) is 18.6 Å². The number of anilines is 1. The van der Waals surface area contributed by atoms with E-state index in [2.05, 4.69) is 15.3 Å². The lowest BCUT2D eigenvalue weighted by atomic mass is 10.1. The Balaban J connectivity index is 1.57. The van der Waals surface area contributed by atoms with E-state index >= 15 is 0 Å². The fourth-order valence-electron chi connectivity index (χ4n) is 3.17. The third-order valence-electron chi connectivity index (χ3n) is 4.78. The molecule has 1 aliphatic rings. The first-order valence-corrected chi connectivity index (χ1v) is 9.69. The number of aromatic nitrogens is 2. The number of nitriles is 1. The number of carbonyl (C=O) groups excluding carboxylic acids is 2. The van der Waals surface area contributed by atoms with Gasteiger partial charge in [0.05, 0.1) is 34.2 Å². The molecule has 1 atom stereocenters. The molecule has 0 fully saturated rings. The van der Waals surface area contributed by atoms with Crippen LogP contribution in [0.3, 0.4) is 0 Å². The van der Waals surface area contributed by atoms with Gasteiger partial charge in [0.1, 0.15) is 18.4 Å². The Labute approximate surface area is 183 Å². The molecule has 8 nitrogen and oxygen atoms in total. The van der Waals surface area contributed by atoms with Gasteiger partial charge in [-0.15, -0.1) is 0 Å². The van der Waals surface area contributed by atoms with Crippen molar-refractivity contribution in [3.05, 3.63) is 71.1 Å². The van der Waals surface area contributed by atoms with Crippen molar-refractivity contribution < 1.29 is 14.3 Å². The lowest BCUT2D eigenvalue weighted by molar-refractivity contribution is -0.120. The summed E-state index contributed by atoms with van der Waals surface area (Å²) in [7, 11) is 1.58. The average molecular weight is 434 g/mol. The van der Waals surface area contributed by atoms with Crippen LogP contribution in [-0.2, 0) is 4.79 Å². The number of ether oxygens (including phenoxy) is 1. The van der Waals surface area contributed by atoms with E-state index in [0.29, 0.717) is 27.7 Å². The van der Waals surface area contributed by atoms with Gasteiger partial charge in [0.15, 0.2) is 0 Å². The van der Waals surface area contributed by atoms with Crippen molar-refractivity contribution in [1.82, 2.24) is 15.3 Å². The second kappa shape index (κ2) is 8.42. The van der Waals surface area contributed by atoms with Crippen LogP contribution in [0.15, 0.2) is 54.7 Å². The van der Waals surface area contributed by atoms with E-state index in [1.54, 1.807) is 25.2 Å². The van der Waals surface area contributed by atoms with Gasteiger partial charge in [-0.05, 0) is 12.1 Å². The molecule has 0 saturated carbocycles. The van der Waals surface area contributed by atoms with Crippen LogP contribution in [0.4, 0.5) is 5.69 Å². The van der Waals surface area contributed by atoms with Crippen LogP contribution in [-0.4, -0.2) is 41.5 Å². The quantitative estimate of drug-likeness (QED) is 0.680. The Morgan fingerprint density at radius 2 is 2.06 bits per heavy atom. The molecule has 2 aromatic carbocycles. The molecule has 3 aromatic rings. The fraction of sp³-hybridized carbons (Fsp3) is 0.136. The first-order valence-electron chi connectivity index (χ1n) is 9.31. The highest BCUT2D eigenvalue weighted by Gasteiger charge is 2.31. The summed E-state index contributed by atoms with van der Waals surface area (Å²) in [6.07, 6.45) is 1.35. The van der Waals surface area contributed by atoms with Crippen LogP contribution in [0.1, 0.15) is 16.2 Å². The summed E-state index contributed by atoms with van der Waals surface area (Å²) < 4.78 is 5.70. The number of nitrogens with one attached hydrogen (secondary N) is 1. The number of amides is 2. The molecule has 0 aliphatic carbocycles. The van der Waals surface area contributed by atoms with E-state index in [9.17, 15) is 9.59 Å². The smallest absolute Gasteiger partial charge is 0.289 e. The zero-order valence-electron chi connectivity index (χ0n) is 16.4. The third-order valence-corrected chi connectivity index (χ3v) is 5.06. The number of likely N-dealkylation sites (N-methyl/N-ethyl adjacent to an activating group) is 1. The lowest BCUT2D eigenvalue weighted by Crippen LogP contribution is -2.49. The summed E-state index contributed by atoms with van der Waals surface area (Å²) >= 11 is 6.21. The molecule has 2 heterocycles. The Morgan fingerprint density at radius 1 is 1.29 bits per heavy atom. The fourth-order valence-corrected chi connectivity index (χ4v) is 3.37. The number of nitrogens with zero attached hydrogens (tertiary/aromatic N) is 4. The van der Waals surface area contributed by atoms with E-state index in [1.807, 2.05) is 36.4 Å².